The average molecular weight is 225 g/mol. The second-order valence-corrected chi connectivity index (χ2v) is 2.47. The third-order valence-corrected chi connectivity index (χ3v) is 1.24. The van der Waals surface area contributed by atoms with Crippen molar-refractivity contribution in [3.63, 3.8) is 0 Å². The molecule has 2 N–H and O–H groups in total. The summed E-state index contributed by atoms with van der Waals surface area (Å²) in [6.07, 6.45) is 0. The van der Waals surface area contributed by atoms with E-state index in [2.05, 4.69) is 10.3 Å². The molecule has 0 amide bonds. The Labute approximate surface area is 91.3 Å². The van der Waals surface area contributed by atoms with Gasteiger partial charge >= 0.3 is 0 Å². The molecule has 0 aromatic rings. The highest BCUT2D eigenvalue weighted by Crippen LogP contribution is 1.76. The number of hydrogen-bond donors (Lipinski definition) is 2. The van der Waals surface area contributed by atoms with E-state index in [1.807, 2.05) is 6.92 Å². The van der Waals surface area contributed by atoms with Gasteiger partial charge in [-0.15, -0.1) is 0 Å². The predicted octanol–water partition coefficient (Wildman–Crippen LogP) is 0.878. The minimum atomic E-state index is 0.250. The van der Waals surface area contributed by atoms with Crippen LogP contribution in [0.3, 0.4) is 0 Å². The maximum atomic E-state index is 7.57. The largest absolute Gasteiger partial charge is 0.397 e. The molecular formula is C9H21ClN2O2. The maximum Gasteiger partial charge on any atom is 0.0870 e. The summed E-state index contributed by atoms with van der Waals surface area (Å²) in [5.74, 6) is 0. The Morgan fingerprint density at radius 2 is 1.93 bits per heavy atom. The maximum absolute atomic E-state index is 7.57. The standard InChI is InChI=1S/C4H9NO.C3H6ClN.C2H6O/c1-3-6-4-2-5-1;1-2-5-3-4;1-2-3/h5H,1-4H2;3H,2H2,1H3;3H,2H2,1H3. The lowest BCUT2D eigenvalue weighted by Crippen LogP contribution is -2.30. The molecule has 1 rings (SSSR count). The van der Waals surface area contributed by atoms with Crippen molar-refractivity contribution < 1.29 is 9.84 Å². The van der Waals surface area contributed by atoms with E-state index in [9.17, 15) is 0 Å². The van der Waals surface area contributed by atoms with Crippen molar-refractivity contribution in [2.24, 2.45) is 4.99 Å². The van der Waals surface area contributed by atoms with E-state index in [4.69, 9.17) is 21.4 Å². The molecule has 1 heterocycles. The van der Waals surface area contributed by atoms with E-state index in [0.717, 1.165) is 32.8 Å². The summed E-state index contributed by atoms with van der Waals surface area (Å²) in [5.41, 5.74) is 1.28. The monoisotopic (exact) mass is 224 g/mol. The van der Waals surface area contributed by atoms with Crippen LogP contribution in [-0.2, 0) is 4.74 Å². The first kappa shape index (κ1) is 16.3. The fourth-order valence-electron chi connectivity index (χ4n) is 0.585. The summed E-state index contributed by atoms with van der Waals surface area (Å²) < 4.78 is 5.01. The summed E-state index contributed by atoms with van der Waals surface area (Å²) in [7, 11) is 0. The molecule has 86 valence electrons. The lowest BCUT2D eigenvalue weighted by atomic mass is 10.5. The smallest absolute Gasteiger partial charge is 0.0870 e. The van der Waals surface area contributed by atoms with Gasteiger partial charge in [-0.3, -0.25) is 4.99 Å². The Balaban J connectivity index is 0. The number of rotatable bonds is 1. The zero-order chi connectivity index (χ0) is 11.1. The number of hydrogen-bond acceptors (Lipinski definition) is 4. The zero-order valence-electron chi connectivity index (χ0n) is 9.00. The molecule has 1 aliphatic rings. The molecule has 1 saturated heterocycles. The molecule has 0 spiro atoms. The van der Waals surface area contributed by atoms with Crippen LogP contribution in [0, 0.1) is 0 Å². The van der Waals surface area contributed by atoms with Crippen LogP contribution in [0.15, 0.2) is 4.99 Å². The second-order valence-electron chi connectivity index (χ2n) is 2.27. The van der Waals surface area contributed by atoms with Crippen LogP contribution in [-0.4, -0.2) is 50.2 Å². The molecule has 5 heteroatoms. The molecule has 0 bridgehead atoms. The van der Waals surface area contributed by atoms with Gasteiger partial charge in [-0.2, -0.15) is 0 Å². The molecule has 0 aliphatic carbocycles. The first-order valence-electron chi connectivity index (χ1n) is 4.81. The minimum absolute atomic E-state index is 0.250. The molecule has 1 aliphatic heterocycles. The lowest BCUT2D eigenvalue weighted by Gasteiger charge is -2.10. The van der Waals surface area contributed by atoms with Gasteiger partial charge in [0.1, 0.15) is 0 Å². The SMILES string of the molecule is C1COCCN1.CCN=CCl.CCO. The Hall–Kier alpha value is -0.160. The molecule has 0 saturated carbocycles. The fourth-order valence-corrected chi connectivity index (χ4v) is 0.723. The van der Waals surface area contributed by atoms with Crippen LogP contribution in [0.5, 0.6) is 0 Å². The Bertz CT molecular complexity index is 97.5. The van der Waals surface area contributed by atoms with Crippen LogP contribution < -0.4 is 5.32 Å². The van der Waals surface area contributed by atoms with E-state index >= 15 is 0 Å². The van der Waals surface area contributed by atoms with E-state index in [0.29, 0.717) is 0 Å². The summed E-state index contributed by atoms with van der Waals surface area (Å²) in [4.78, 5) is 3.61. The topological polar surface area (TPSA) is 53.8 Å². The predicted molar refractivity (Wildman–Crippen MR) is 61.3 cm³/mol. The van der Waals surface area contributed by atoms with Gasteiger partial charge in [-0.1, -0.05) is 11.6 Å². The fraction of sp³-hybridized carbons (Fsp3) is 0.889. The molecular weight excluding hydrogens is 204 g/mol. The van der Waals surface area contributed by atoms with E-state index in [1.165, 1.54) is 5.67 Å². The number of ether oxygens (including phenoxy) is 1. The number of aliphatic hydroxyl groups excluding tert-OH is 1. The van der Waals surface area contributed by atoms with Crippen LogP contribution in [0.2, 0.25) is 0 Å². The van der Waals surface area contributed by atoms with E-state index in [-0.39, 0.29) is 6.61 Å². The number of morpholine rings is 1. The van der Waals surface area contributed by atoms with Crippen molar-refractivity contribution in [2.45, 2.75) is 13.8 Å². The molecule has 0 aromatic heterocycles. The van der Waals surface area contributed by atoms with Crippen LogP contribution in [0.4, 0.5) is 0 Å². The van der Waals surface area contributed by atoms with E-state index in [1.54, 1.807) is 6.92 Å². The highest BCUT2D eigenvalue weighted by atomic mass is 35.5. The highest BCUT2D eigenvalue weighted by Gasteiger charge is 1.92. The molecule has 0 atom stereocenters. The average Bonchev–Trinajstić information content (AvgIpc) is 2.24. The third kappa shape index (κ3) is 22.6. The summed E-state index contributed by atoms with van der Waals surface area (Å²) in [6, 6.07) is 0. The number of aliphatic imine (C=N–C) groups is 1. The number of aliphatic hydroxyl groups is 1. The van der Waals surface area contributed by atoms with Gasteiger partial charge < -0.3 is 15.2 Å². The first-order chi connectivity index (χ1) is 6.83. The molecule has 1 fully saturated rings. The van der Waals surface area contributed by atoms with Gasteiger partial charge in [0, 0.05) is 26.2 Å². The van der Waals surface area contributed by atoms with Gasteiger partial charge in [-0.25, -0.2) is 0 Å². The number of nitrogens with zero attached hydrogens (tertiary/aromatic N) is 1. The molecule has 0 aromatic carbocycles. The van der Waals surface area contributed by atoms with Crippen molar-refractivity contribution in [2.75, 3.05) is 39.5 Å². The number of halogens is 1. The van der Waals surface area contributed by atoms with Crippen molar-refractivity contribution in [1.29, 1.82) is 0 Å². The Morgan fingerprint density at radius 1 is 1.43 bits per heavy atom. The first-order valence-corrected chi connectivity index (χ1v) is 5.24. The van der Waals surface area contributed by atoms with Crippen LogP contribution >= 0.6 is 11.6 Å². The van der Waals surface area contributed by atoms with Crippen molar-refractivity contribution in [3.05, 3.63) is 0 Å². The lowest BCUT2D eigenvalue weighted by molar-refractivity contribution is 0.109. The Morgan fingerprint density at radius 3 is 2.00 bits per heavy atom. The number of nitrogens with one attached hydrogen (secondary N) is 1. The van der Waals surface area contributed by atoms with Crippen molar-refractivity contribution >= 4 is 17.3 Å². The quantitative estimate of drug-likeness (QED) is 0.651. The zero-order valence-corrected chi connectivity index (χ0v) is 9.76. The summed E-state index contributed by atoms with van der Waals surface area (Å²) >= 11 is 5.01. The van der Waals surface area contributed by atoms with Gasteiger partial charge in [0.2, 0.25) is 0 Å². The van der Waals surface area contributed by atoms with Gasteiger partial charge in [0.25, 0.3) is 0 Å². The summed E-state index contributed by atoms with van der Waals surface area (Å²) in [6.45, 7) is 8.47. The molecule has 0 unspecified atom stereocenters. The van der Waals surface area contributed by atoms with Crippen LogP contribution in [0.1, 0.15) is 13.8 Å². The normalized spacial score (nSPS) is 15.1. The second kappa shape index (κ2) is 18.6. The molecule has 4 nitrogen and oxygen atoms in total. The van der Waals surface area contributed by atoms with E-state index < -0.39 is 0 Å². The van der Waals surface area contributed by atoms with Gasteiger partial charge in [0.15, 0.2) is 0 Å². The van der Waals surface area contributed by atoms with Gasteiger partial charge in [0.05, 0.1) is 18.9 Å². The van der Waals surface area contributed by atoms with Gasteiger partial charge in [-0.05, 0) is 13.8 Å². The molecule has 14 heavy (non-hydrogen) atoms. The molecule has 0 radical (unpaired) electrons. The summed E-state index contributed by atoms with van der Waals surface area (Å²) in [5, 5.41) is 10.7. The minimum Gasteiger partial charge on any atom is -0.397 e. The third-order valence-electron chi connectivity index (χ3n) is 1.10. The highest BCUT2D eigenvalue weighted by molar-refractivity contribution is 6.56. The van der Waals surface area contributed by atoms with Crippen molar-refractivity contribution in [1.82, 2.24) is 5.32 Å². The van der Waals surface area contributed by atoms with Crippen LogP contribution in [0.25, 0.3) is 0 Å². The van der Waals surface area contributed by atoms with Crippen molar-refractivity contribution in [3.8, 4) is 0 Å². The Kier molecular flexibility index (Phi) is 21.6.